The molecule has 1 aromatic carbocycles. The minimum atomic E-state index is -0.658. The topological polar surface area (TPSA) is 88.2 Å². The molecule has 0 radical (unpaired) electrons. The van der Waals surface area contributed by atoms with Crippen LogP contribution in [0, 0.1) is 0 Å². The van der Waals surface area contributed by atoms with Crippen molar-refractivity contribution in [3.63, 3.8) is 0 Å². The van der Waals surface area contributed by atoms with Crippen molar-refractivity contribution in [2.24, 2.45) is 5.73 Å². The van der Waals surface area contributed by atoms with Gasteiger partial charge in [-0.1, -0.05) is 6.07 Å². The number of rotatable bonds is 6. The third-order valence-corrected chi connectivity index (χ3v) is 5.03. The number of primary amides is 1. The number of anilines is 1. The van der Waals surface area contributed by atoms with E-state index >= 15 is 0 Å². The van der Waals surface area contributed by atoms with Crippen molar-refractivity contribution in [3.8, 4) is 17.0 Å². The summed E-state index contributed by atoms with van der Waals surface area (Å²) in [7, 11) is 0. The Labute approximate surface area is 141 Å². The number of nitrogens with two attached hydrogens (primary N) is 1. The van der Waals surface area contributed by atoms with E-state index in [9.17, 15) is 9.90 Å². The SMILES string of the molecule is NC(=O)c1cc(-c2csc(NCCc3cccs3)n2)ccc1O. The molecule has 7 heteroatoms. The summed E-state index contributed by atoms with van der Waals surface area (Å²) in [5.74, 6) is -0.778. The van der Waals surface area contributed by atoms with Crippen LogP contribution in [0.25, 0.3) is 11.3 Å². The molecule has 2 aromatic heterocycles. The fourth-order valence-electron chi connectivity index (χ4n) is 2.13. The van der Waals surface area contributed by atoms with Crippen molar-refractivity contribution in [1.29, 1.82) is 0 Å². The number of aromatic hydroxyl groups is 1. The lowest BCUT2D eigenvalue weighted by Crippen LogP contribution is -2.11. The van der Waals surface area contributed by atoms with Crippen molar-refractivity contribution >= 4 is 33.7 Å². The van der Waals surface area contributed by atoms with Gasteiger partial charge in [0.05, 0.1) is 11.3 Å². The van der Waals surface area contributed by atoms with Gasteiger partial charge in [0.15, 0.2) is 5.13 Å². The van der Waals surface area contributed by atoms with Gasteiger partial charge in [0, 0.05) is 22.4 Å². The number of hydrogen-bond donors (Lipinski definition) is 3. The number of thiazole rings is 1. The summed E-state index contributed by atoms with van der Waals surface area (Å²) >= 11 is 3.24. The quantitative estimate of drug-likeness (QED) is 0.639. The highest BCUT2D eigenvalue weighted by molar-refractivity contribution is 7.14. The molecule has 0 aliphatic heterocycles. The van der Waals surface area contributed by atoms with E-state index in [1.165, 1.54) is 22.3 Å². The van der Waals surface area contributed by atoms with Crippen LogP contribution in [-0.4, -0.2) is 22.5 Å². The van der Waals surface area contributed by atoms with Crippen molar-refractivity contribution in [2.75, 3.05) is 11.9 Å². The highest BCUT2D eigenvalue weighted by Crippen LogP contribution is 2.28. The first-order chi connectivity index (χ1) is 11.1. The van der Waals surface area contributed by atoms with Gasteiger partial charge < -0.3 is 16.2 Å². The van der Waals surface area contributed by atoms with Gasteiger partial charge in [-0.05, 0) is 36.1 Å². The van der Waals surface area contributed by atoms with Crippen LogP contribution in [0.5, 0.6) is 5.75 Å². The average molecular weight is 345 g/mol. The molecule has 118 valence electrons. The summed E-state index contributed by atoms with van der Waals surface area (Å²) in [6, 6.07) is 8.89. The standard InChI is InChI=1S/C16H15N3O2S2/c17-15(21)12-8-10(3-4-14(12)20)13-9-23-16(19-13)18-6-5-11-2-1-7-22-11/h1-4,7-9,20H,5-6H2,(H2,17,21)(H,18,19). The van der Waals surface area contributed by atoms with Crippen LogP contribution in [0.1, 0.15) is 15.2 Å². The summed E-state index contributed by atoms with van der Waals surface area (Å²) in [6.07, 6.45) is 0.956. The zero-order chi connectivity index (χ0) is 16.2. The Kier molecular flexibility index (Phi) is 4.59. The predicted octanol–water partition coefficient (Wildman–Crippen LogP) is 3.33. The molecule has 0 saturated carbocycles. The van der Waals surface area contributed by atoms with Crippen molar-refractivity contribution < 1.29 is 9.90 Å². The fraction of sp³-hybridized carbons (Fsp3) is 0.125. The number of aromatic nitrogens is 1. The monoisotopic (exact) mass is 345 g/mol. The first-order valence-corrected chi connectivity index (χ1v) is 8.74. The molecule has 5 nitrogen and oxygen atoms in total. The molecular formula is C16H15N3O2S2. The van der Waals surface area contributed by atoms with E-state index in [1.54, 1.807) is 23.5 Å². The zero-order valence-electron chi connectivity index (χ0n) is 12.2. The minimum Gasteiger partial charge on any atom is -0.507 e. The highest BCUT2D eigenvalue weighted by Gasteiger charge is 2.11. The van der Waals surface area contributed by atoms with Crippen LogP contribution >= 0.6 is 22.7 Å². The Balaban J connectivity index is 1.69. The molecule has 4 N–H and O–H groups in total. The van der Waals surface area contributed by atoms with Gasteiger partial charge in [-0.2, -0.15) is 0 Å². The molecule has 3 aromatic rings. The van der Waals surface area contributed by atoms with E-state index in [0.29, 0.717) is 0 Å². The average Bonchev–Trinajstić information content (AvgIpc) is 3.19. The van der Waals surface area contributed by atoms with E-state index in [1.807, 2.05) is 11.4 Å². The zero-order valence-corrected chi connectivity index (χ0v) is 13.8. The van der Waals surface area contributed by atoms with Crippen LogP contribution in [0.3, 0.4) is 0 Å². The van der Waals surface area contributed by atoms with Gasteiger partial charge in [0.25, 0.3) is 5.91 Å². The number of thiophene rings is 1. The molecular weight excluding hydrogens is 330 g/mol. The van der Waals surface area contributed by atoms with E-state index in [4.69, 9.17) is 5.73 Å². The van der Waals surface area contributed by atoms with Crippen molar-refractivity contribution in [3.05, 3.63) is 51.5 Å². The van der Waals surface area contributed by atoms with Gasteiger partial charge in [-0.15, -0.1) is 22.7 Å². The molecule has 0 atom stereocenters. The summed E-state index contributed by atoms with van der Waals surface area (Å²) < 4.78 is 0. The molecule has 23 heavy (non-hydrogen) atoms. The van der Waals surface area contributed by atoms with Crippen LogP contribution in [0.15, 0.2) is 41.1 Å². The number of phenols is 1. The van der Waals surface area contributed by atoms with E-state index in [-0.39, 0.29) is 11.3 Å². The smallest absolute Gasteiger partial charge is 0.252 e. The summed E-state index contributed by atoms with van der Waals surface area (Å²) in [5.41, 5.74) is 6.85. The van der Waals surface area contributed by atoms with E-state index < -0.39 is 5.91 Å². The highest BCUT2D eigenvalue weighted by atomic mass is 32.1. The molecule has 0 aliphatic rings. The first-order valence-electron chi connectivity index (χ1n) is 6.98. The van der Waals surface area contributed by atoms with Crippen LogP contribution in [0.2, 0.25) is 0 Å². The Morgan fingerprint density at radius 2 is 2.17 bits per heavy atom. The second-order valence-electron chi connectivity index (χ2n) is 4.89. The number of hydrogen-bond acceptors (Lipinski definition) is 6. The maximum absolute atomic E-state index is 11.3. The number of amides is 1. The maximum atomic E-state index is 11.3. The third-order valence-electron chi connectivity index (χ3n) is 3.29. The van der Waals surface area contributed by atoms with E-state index in [0.717, 1.165) is 29.4 Å². The predicted molar refractivity (Wildman–Crippen MR) is 94.2 cm³/mol. The van der Waals surface area contributed by atoms with E-state index in [2.05, 4.69) is 21.7 Å². The maximum Gasteiger partial charge on any atom is 0.252 e. The lowest BCUT2D eigenvalue weighted by atomic mass is 10.1. The summed E-state index contributed by atoms with van der Waals surface area (Å²) in [4.78, 5) is 17.1. The summed E-state index contributed by atoms with van der Waals surface area (Å²) in [6.45, 7) is 0.815. The molecule has 0 bridgehead atoms. The van der Waals surface area contributed by atoms with Gasteiger partial charge in [-0.3, -0.25) is 4.79 Å². The molecule has 0 aliphatic carbocycles. The van der Waals surface area contributed by atoms with Gasteiger partial charge in [-0.25, -0.2) is 4.98 Å². The lowest BCUT2D eigenvalue weighted by molar-refractivity contribution is 0.0998. The normalized spacial score (nSPS) is 10.6. The van der Waals surface area contributed by atoms with Gasteiger partial charge in [0.2, 0.25) is 0 Å². The van der Waals surface area contributed by atoms with Crippen LogP contribution in [0.4, 0.5) is 5.13 Å². The van der Waals surface area contributed by atoms with Crippen molar-refractivity contribution in [2.45, 2.75) is 6.42 Å². The molecule has 0 unspecified atom stereocenters. The second-order valence-corrected chi connectivity index (χ2v) is 6.78. The Hall–Kier alpha value is -2.38. The first kappa shape index (κ1) is 15.5. The van der Waals surface area contributed by atoms with Crippen LogP contribution in [-0.2, 0) is 6.42 Å². The Morgan fingerprint density at radius 3 is 2.91 bits per heavy atom. The third kappa shape index (κ3) is 3.69. The lowest BCUT2D eigenvalue weighted by Gasteiger charge is -2.03. The second kappa shape index (κ2) is 6.80. The molecule has 3 rings (SSSR count). The van der Waals surface area contributed by atoms with Gasteiger partial charge in [0.1, 0.15) is 5.75 Å². The number of nitrogens with one attached hydrogen (secondary N) is 1. The molecule has 0 fully saturated rings. The molecule has 1 amide bonds. The number of nitrogens with zero attached hydrogens (tertiary/aromatic N) is 1. The molecule has 2 heterocycles. The number of carbonyl (C=O) groups is 1. The molecule has 0 spiro atoms. The summed E-state index contributed by atoms with van der Waals surface area (Å²) in [5, 5.41) is 17.7. The Morgan fingerprint density at radius 1 is 1.30 bits per heavy atom. The molecule has 0 saturated heterocycles. The fourth-order valence-corrected chi connectivity index (χ4v) is 3.59. The number of carbonyl (C=O) groups excluding carboxylic acids is 1. The number of benzene rings is 1. The Bertz CT molecular complexity index is 813. The minimum absolute atomic E-state index is 0.0997. The van der Waals surface area contributed by atoms with Gasteiger partial charge >= 0.3 is 0 Å². The van der Waals surface area contributed by atoms with Crippen molar-refractivity contribution in [1.82, 2.24) is 4.98 Å². The largest absolute Gasteiger partial charge is 0.507 e. The van der Waals surface area contributed by atoms with Crippen LogP contribution < -0.4 is 11.1 Å².